The van der Waals surface area contributed by atoms with Crippen LogP contribution in [0.2, 0.25) is 0 Å². The molecule has 0 bridgehead atoms. The maximum atomic E-state index is 12.6. The zero-order chi connectivity index (χ0) is 17.9. The summed E-state index contributed by atoms with van der Waals surface area (Å²) < 4.78 is 0. The third kappa shape index (κ3) is 3.64. The highest BCUT2D eigenvalue weighted by atomic mass is 32.1. The molecule has 0 spiro atoms. The largest absolute Gasteiger partial charge is 0.317 e. The average molecular weight is 370 g/mol. The highest BCUT2D eigenvalue weighted by Crippen LogP contribution is 2.32. The summed E-state index contributed by atoms with van der Waals surface area (Å²) in [5, 5.41) is 6.89. The number of carbonyl (C=O) groups excluding carboxylic acids is 2. The number of benzene rings is 1. The van der Waals surface area contributed by atoms with Gasteiger partial charge in [-0.1, -0.05) is 6.07 Å². The number of thiazole rings is 1. The summed E-state index contributed by atoms with van der Waals surface area (Å²) in [4.78, 5) is 31.9. The van der Waals surface area contributed by atoms with Gasteiger partial charge in [-0.25, -0.2) is 4.98 Å². The van der Waals surface area contributed by atoms with Crippen LogP contribution in [0, 0.1) is 0 Å². The van der Waals surface area contributed by atoms with Crippen molar-refractivity contribution in [3.63, 3.8) is 0 Å². The van der Waals surface area contributed by atoms with Crippen molar-refractivity contribution < 1.29 is 9.59 Å². The van der Waals surface area contributed by atoms with E-state index in [2.05, 4.69) is 15.6 Å². The van der Waals surface area contributed by atoms with Crippen LogP contribution in [0.5, 0.6) is 0 Å². The van der Waals surface area contributed by atoms with Crippen LogP contribution >= 0.6 is 11.3 Å². The summed E-state index contributed by atoms with van der Waals surface area (Å²) in [6, 6.07) is 7.23. The predicted molar refractivity (Wildman–Crippen MR) is 103 cm³/mol. The molecule has 26 heavy (non-hydrogen) atoms. The Morgan fingerprint density at radius 1 is 1.31 bits per heavy atom. The van der Waals surface area contributed by atoms with Gasteiger partial charge in [-0.15, -0.1) is 11.3 Å². The van der Waals surface area contributed by atoms with Crippen molar-refractivity contribution in [1.82, 2.24) is 10.3 Å². The number of nitrogens with one attached hydrogen (secondary N) is 2. The van der Waals surface area contributed by atoms with Gasteiger partial charge in [0.1, 0.15) is 0 Å². The summed E-state index contributed by atoms with van der Waals surface area (Å²) in [5.41, 5.74) is 1.33. The first kappa shape index (κ1) is 17.2. The maximum Gasteiger partial charge on any atom is 0.257 e. The molecule has 3 heterocycles. The fraction of sp³-hybridized carbons (Fsp3) is 0.421. The lowest BCUT2D eigenvalue weighted by Gasteiger charge is -2.20. The Morgan fingerprint density at radius 2 is 2.15 bits per heavy atom. The fourth-order valence-corrected chi connectivity index (χ4v) is 4.53. The van der Waals surface area contributed by atoms with Crippen LogP contribution in [0.4, 0.5) is 10.8 Å². The Hall–Kier alpha value is -2.25. The van der Waals surface area contributed by atoms with E-state index in [9.17, 15) is 9.59 Å². The smallest absolute Gasteiger partial charge is 0.257 e. The zero-order valence-electron chi connectivity index (χ0n) is 14.5. The van der Waals surface area contributed by atoms with Crippen molar-refractivity contribution in [2.75, 3.05) is 29.9 Å². The molecule has 1 aromatic carbocycles. The minimum absolute atomic E-state index is 0.120. The van der Waals surface area contributed by atoms with E-state index < -0.39 is 0 Å². The molecule has 0 aliphatic carbocycles. The van der Waals surface area contributed by atoms with Gasteiger partial charge in [0.25, 0.3) is 5.91 Å². The first-order valence-electron chi connectivity index (χ1n) is 9.09. The Labute approximate surface area is 156 Å². The lowest BCUT2D eigenvalue weighted by atomic mass is 9.97. The van der Waals surface area contributed by atoms with Crippen molar-refractivity contribution in [2.45, 2.75) is 31.6 Å². The minimum Gasteiger partial charge on any atom is -0.317 e. The number of carbonyl (C=O) groups is 2. The van der Waals surface area contributed by atoms with E-state index in [1.165, 1.54) is 4.88 Å². The second kappa shape index (κ2) is 7.55. The Bertz CT molecular complexity index is 813. The minimum atomic E-state index is -0.190. The molecule has 136 valence electrons. The highest BCUT2D eigenvalue weighted by Gasteiger charge is 2.23. The maximum absolute atomic E-state index is 12.6. The quantitative estimate of drug-likeness (QED) is 0.868. The topological polar surface area (TPSA) is 74.3 Å². The number of hydrogen-bond acceptors (Lipinski definition) is 5. The normalized spacial score (nSPS) is 18.3. The van der Waals surface area contributed by atoms with Crippen LogP contribution in [0.3, 0.4) is 0 Å². The molecular formula is C19H22N4O2S. The molecule has 2 aliphatic rings. The van der Waals surface area contributed by atoms with Gasteiger partial charge in [-0.2, -0.15) is 0 Å². The van der Waals surface area contributed by atoms with Crippen molar-refractivity contribution in [2.24, 2.45) is 0 Å². The third-order valence-electron chi connectivity index (χ3n) is 4.98. The summed E-state index contributed by atoms with van der Waals surface area (Å²) in [7, 11) is 0. The summed E-state index contributed by atoms with van der Waals surface area (Å²) in [5.74, 6) is 0.461. The number of rotatable bonds is 4. The summed E-state index contributed by atoms with van der Waals surface area (Å²) >= 11 is 1.56. The third-order valence-corrected chi connectivity index (χ3v) is 6.05. The lowest BCUT2D eigenvalue weighted by molar-refractivity contribution is -0.117. The molecule has 4 rings (SSSR count). The van der Waals surface area contributed by atoms with Crippen LogP contribution in [0.25, 0.3) is 0 Å². The summed E-state index contributed by atoms with van der Waals surface area (Å²) in [6.45, 7) is 2.79. The van der Waals surface area contributed by atoms with Gasteiger partial charge in [0, 0.05) is 35.3 Å². The molecule has 0 atom stereocenters. The average Bonchev–Trinajstić information content (AvgIpc) is 3.31. The standard InChI is InChI=1S/C19H22N4O2S/c24-17-5-2-10-23(17)15-4-1-3-14(11-15)18(25)22-19-21-12-16(26-19)13-6-8-20-9-7-13/h1,3-4,11-13,20H,2,5-10H2,(H,21,22,25). The van der Waals surface area contributed by atoms with E-state index in [0.717, 1.165) is 44.6 Å². The second-order valence-corrected chi connectivity index (χ2v) is 7.81. The van der Waals surface area contributed by atoms with E-state index in [1.54, 1.807) is 28.4 Å². The van der Waals surface area contributed by atoms with Crippen LogP contribution in [-0.4, -0.2) is 36.4 Å². The van der Waals surface area contributed by atoms with Crippen LogP contribution < -0.4 is 15.5 Å². The number of anilines is 2. The van der Waals surface area contributed by atoms with Crippen molar-refractivity contribution >= 4 is 34.0 Å². The van der Waals surface area contributed by atoms with Crippen molar-refractivity contribution in [3.05, 3.63) is 40.9 Å². The molecule has 2 fully saturated rings. The van der Waals surface area contributed by atoms with Crippen LogP contribution in [-0.2, 0) is 4.79 Å². The number of hydrogen-bond donors (Lipinski definition) is 2. The molecular weight excluding hydrogens is 348 g/mol. The molecule has 7 heteroatoms. The van der Waals surface area contributed by atoms with E-state index in [-0.39, 0.29) is 11.8 Å². The van der Waals surface area contributed by atoms with Gasteiger partial charge >= 0.3 is 0 Å². The van der Waals surface area contributed by atoms with E-state index >= 15 is 0 Å². The van der Waals surface area contributed by atoms with Gasteiger partial charge in [0.2, 0.25) is 5.91 Å². The van der Waals surface area contributed by atoms with Gasteiger partial charge in [0.05, 0.1) is 0 Å². The van der Waals surface area contributed by atoms with Crippen LogP contribution in [0.1, 0.15) is 46.8 Å². The SMILES string of the molecule is O=C(Nc1ncc(C2CCNCC2)s1)c1cccc(N2CCCC2=O)c1. The van der Waals surface area contributed by atoms with Crippen molar-refractivity contribution in [3.8, 4) is 0 Å². The van der Waals surface area contributed by atoms with Gasteiger partial charge in [-0.3, -0.25) is 14.9 Å². The molecule has 1 aromatic heterocycles. The molecule has 2 aliphatic heterocycles. The number of piperidine rings is 1. The predicted octanol–water partition coefficient (Wildman–Crippen LogP) is 2.99. The second-order valence-electron chi connectivity index (χ2n) is 6.75. The zero-order valence-corrected chi connectivity index (χ0v) is 15.3. The summed E-state index contributed by atoms with van der Waals surface area (Å²) in [6.07, 6.45) is 5.56. The molecule has 0 unspecified atom stereocenters. The molecule has 2 amide bonds. The molecule has 0 radical (unpaired) electrons. The number of aromatic nitrogens is 1. The Balaban J connectivity index is 1.45. The number of nitrogens with zero attached hydrogens (tertiary/aromatic N) is 2. The van der Waals surface area contributed by atoms with Crippen molar-refractivity contribution in [1.29, 1.82) is 0 Å². The van der Waals surface area contributed by atoms with Gasteiger partial charge < -0.3 is 10.2 Å². The van der Waals surface area contributed by atoms with E-state index in [0.29, 0.717) is 23.0 Å². The van der Waals surface area contributed by atoms with E-state index in [1.807, 2.05) is 18.3 Å². The number of amides is 2. The first-order chi connectivity index (χ1) is 12.7. The molecule has 2 aromatic rings. The van der Waals surface area contributed by atoms with E-state index in [4.69, 9.17) is 0 Å². The van der Waals surface area contributed by atoms with Gasteiger partial charge in [-0.05, 0) is 56.5 Å². The molecule has 2 N–H and O–H groups in total. The van der Waals surface area contributed by atoms with Crippen LogP contribution in [0.15, 0.2) is 30.5 Å². The molecule has 6 nitrogen and oxygen atoms in total. The fourth-order valence-electron chi connectivity index (χ4n) is 3.55. The molecule has 2 saturated heterocycles. The first-order valence-corrected chi connectivity index (χ1v) is 9.90. The Kier molecular flexibility index (Phi) is 4.99. The lowest BCUT2D eigenvalue weighted by Crippen LogP contribution is -2.26. The Morgan fingerprint density at radius 3 is 2.92 bits per heavy atom. The van der Waals surface area contributed by atoms with Gasteiger partial charge in [0.15, 0.2) is 5.13 Å². The monoisotopic (exact) mass is 370 g/mol. The molecule has 0 saturated carbocycles. The highest BCUT2D eigenvalue weighted by molar-refractivity contribution is 7.15.